The molecule has 0 aliphatic heterocycles. The van der Waals surface area contributed by atoms with E-state index >= 15 is 0 Å². The molecule has 0 fully saturated rings. The Morgan fingerprint density at radius 2 is 1.55 bits per heavy atom. The molecule has 2 rings (SSSR count). The molecule has 0 amide bonds. The normalized spacial score (nSPS) is 10.2. The number of rotatable bonds is 7. The third-order valence-electron chi connectivity index (χ3n) is 2.96. The van der Waals surface area contributed by atoms with Gasteiger partial charge in [0, 0.05) is 0 Å². The molecule has 0 atom stereocenters. The van der Waals surface area contributed by atoms with Crippen molar-refractivity contribution >= 4 is 0 Å². The number of benzene rings is 2. The van der Waals surface area contributed by atoms with E-state index in [9.17, 15) is 0 Å². The summed E-state index contributed by atoms with van der Waals surface area (Å²) in [5.41, 5.74) is 3.55. The van der Waals surface area contributed by atoms with E-state index in [1.54, 1.807) is 6.08 Å². The quantitative estimate of drug-likeness (QED) is 0.545. The Morgan fingerprint density at radius 3 is 2.10 bits per heavy atom. The predicted octanol–water partition coefficient (Wildman–Crippen LogP) is 4.45. The van der Waals surface area contributed by atoms with E-state index in [-0.39, 0.29) is 0 Å². The Morgan fingerprint density at radius 1 is 0.950 bits per heavy atom. The standard InChI is InChI=1S/C18H20O2/c1-3-13-19-14-15-5-7-16(8-6-15)17-9-11-18(12-10-17)20-4-2/h3,5-12H,1,4,13-14H2,2H3. The Kier molecular flexibility index (Phi) is 5.39. The molecule has 104 valence electrons. The maximum absolute atomic E-state index is 5.45. The second-order valence-corrected chi connectivity index (χ2v) is 4.46. The number of hydrogen-bond acceptors (Lipinski definition) is 2. The van der Waals surface area contributed by atoms with Gasteiger partial charge < -0.3 is 9.47 Å². The summed E-state index contributed by atoms with van der Waals surface area (Å²) in [6.45, 7) is 7.52. The lowest BCUT2D eigenvalue weighted by Crippen LogP contribution is -1.92. The Hall–Kier alpha value is -2.06. The lowest BCUT2D eigenvalue weighted by molar-refractivity contribution is 0.149. The second-order valence-electron chi connectivity index (χ2n) is 4.46. The Balaban J connectivity index is 2.03. The van der Waals surface area contributed by atoms with Crippen molar-refractivity contribution in [2.45, 2.75) is 13.5 Å². The summed E-state index contributed by atoms with van der Waals surface area (Å²) < 4.78 is 10.9. The summed E-state index contributed by atoms with van der Waals surface area (Å²) in [4.78, 5) is 0. The van der Waals surface area contributed by atoms with Gasteiger partial charge in [-0.2, -0.15) is 0 Å². The molecule has 2 aromatic carbocycles. The molecular weight excluding hydrogens is 248 g/mol. The minimum atomic E-state index is 0.584. The zero-order valence-electron chi connectivity index (χ0n) is 11.8. The molecule has 0 aromatic heterocycles. The smallest absolute Gasteiger partial charge is 0.119 e. The van der Waals surface area contributed by atoms with E-state index in [4.69, 9.17) is 9.47 Å². The molecule has 2 aromatic rings. The van der Waals surface area contributed by atoms with Crippen LogP contribution in [0.1, 0.15) is 12.5 Å². The minimum absolute atomic E-state index is 0.584. The SMILES string of the molecule is C=CCOCc1ccc(-c2ccc(OCC)cc2)cc1. The van der Waals surface area contributed by atoms with Gasteiger partial charge in [0.25, 0.3) is 0 Å². The lowest BCUT2D eigenvalue weighted by atomic mass is 10.0. The monoisotopic (exact) mass is 268 g/mol. The van der Waals surface area contributed by atoms with Gasteiger partial charge in [-0.15, -0.1) is 6.58 Å². The van der Waals surface area contributed by atoms with E-state index in [0.29, 0.717) is 19.8 Å². The van der Waals surface area contributed by atoms with Gasteiger partial charge in [0.2, 0.25) is 0 Å². The van der Waals surface area contributed by atoms with Crippen LogP contribution in [0.2, 0.25) is 0 Å². The zero-order chi connectivity index (χ0) is 14.2. The average Bonchev–Trinajstić information content (AvgIpc) is 2.49. The van der Waals surface area contributed by atoms with Gasteiger partial charge >= 0.3 is 0 Å². The molecule has 0 aliphatic rings. The molecule has 0 spiro atoms. The van der Waals surface area contributed by atoms with Crippen LogP contribution >= 0.6 is 0 Å². The van der Waals surface area contributed by atoms with Gasteiger partial charge in [0.1, 0.15) is 5.75 Å². The van der Waals surface area contributed by atoms with E-state index in [0.717, 1.165) is 5.75 Å². The van der Waals surface area contributed by atoms with E-state index < -0.39 is 0 Å². The fourth-order valence-electron chi connectivity index (χ4n) is 1.96. The highest BCUT2D eigenvalue weighted by Crippen LogP contribution is 2.23. The van der Waals surface area contributed by atoms with Crippen molar-refractivity contribution in [2.24, 2.45) is 0 Å². The molecular formula is C18H20O2. The maximum Gasteiger partial charge on any atom is 0.119 e. The lowest BCUT2D eigenvalue weighted by Gasteiger charge is -2.07. The van der Waals surface area contributed by atoms with Crippen LogP contribution in [0.3, 0.4) is 0 Å². The number of ether oxygens (including phenoxy) is 2. The summed E-state index contributed by atoms with van der Waals surface area (Å²) in [5, 5.41) is 0. The second kappa shape index (κ2) is 7.51. The minimum Gasteiger partial charge on any atom is -0.494 e. The van der Waals surface area contributed by atoms with E-state index in [1.165, 1.54) is 16.7 Å². The molecule has 20 heavy (non-hydrogen) atoms. The van der Waals surface area contributed by atoms with Crippen LogP contribution in [0.25, 0.3) is 11.1 Å². The molecule has 0 aliphatic carbocycles. The van der Waals surface area contributed by atoms with Crippen molar-refractivity contribution in [2.75, 3.05) is 13.2 Å². The topological polar surface area (TPSA) is 18.5 Å². The third kappa shape index (κ3) is 3.97. The highest BCUT2D eigenvalue weighted by atomic mass is 16.5. The van der Waals surface area contributed by atoms with Crippen molar-refractivity contribution in [3.8, 4) is 16.9 Å². The molecule has 0 radical (unpaired) electrons. The van der Waals surface area contributed by atoms with Crippen LogP contribution in [0.5, 0.6) is 5.75 Å². The molecule has 2 heteroatoms. The van der Waals surface area contributed by atoms with Crippen LogP contribution in [0.4, 0.5) is 0 Å². The summed E-state index contributed by atoms with van der Waals surface area (Å²) >= 11 is 0. The first kappa shape index (κ1) is 14.4. The molecule has 0 unspecified atom stereocenters. The van der Waals surface area contributed by atoms with Crippen molar-refractivity contribution in [1.29, 1.82) is 0 Å². The van der Waals surface area contributed by atoms with Crippen LogP contribution in [-0.2, 0) is 11.3 Å². The highest BCUT2D eigenvalue weighted by Gasteiger charge is 1.99. The zero-order valence-corrected chi connectivity index (χ0v) is 11.8. The first-order chi connectivity index (χ1) is 9.83. The van der Waals surface area contributed by atoms with Crippen molar-refractivity contribution in [3.05, 3.63) is 66.7 Å². The van der Waals surface area contributed by atoms with Gasteiger partial charge in [0.05, 0.1) is 19.8 Å². The summed E-state index contributed by atoms with van der Waals surface area (Å²) in [5.74, 6) is 0.908. The van der Waals surface area contributed by atoms with E-state index in [2.05, 4.69) is 43.0 Å². The van der Waals surface area contributed by atoms with Gasteiger partial charge in [-0.05, 0) is 35.7 Å². The first-order valence-electron chi connectivity index (χ1n) is 6.84. The Bertz CT molecular complexity index is 526. The summed E-state index contributed by atoms with van der Waals surface area (Å²) in [6, 6.07) is 16.6. The van der Waals surface area contributed by atoms with E-state index in [1.807, 2.05) is 19.1 Å². The molecule has 0 saturated carbocycles. The average molecular weight is 268 g/mol. The largest absolute Gasteiger partial charge is 0.494 e. The highest BCUT2D eigenvalue weighted by molar-refractivity contribution is 5.64. The molecule has 0 heterocycles. The third-order valence-corrected chi connectivity index (χ3v) is 2.96. The molecule has 2 nitrogen and oxygen atoms in total. The predicted molar refractivity (Wildman–Crippen MR) is 82.9 cm³/mol. The fourth-order valence-corrected chi connectivity index (χ4v) is 1.96. The summed E-state index contributed by atoms with van der Waals surface area (Å²) in [7, 11) is 0. The van der Waals surface area contributed by atoms with Crippen molar-refractivity contribution in [1.82, 2.24) is 0 Å². The summed E-state index contributed by atoms with van der Waals surface area (Å²) in [6.07, 6.45) is 1.76. The Labute approximate surface area is 120 Å². The molecule has 0 bridgehead atoms. The van der Waals surface area contributed by atoms with Crippen molar-refractivity contribution in [3.63, 3.8) is 0 Å². The first-order valence-corrected chi connectivity index (χ1v) is 6.84. The van der Waals surface area contributed by atoms with Crippen LogP contribution in [0, 0.1) is 0 Å². The number of hydrogen-bond donors (Lipinski definition) is 0. The molecule has 0 saturated heterocycles. The van der Waals surface area contributed by atoms with Crippen molar-refractivity contribution < 1.29 is 9.47 Å². The maximum atomic E-state index is 5.45. The van der Waals surface area contributed by atoms with Gasteiger partial charge in [0.15, 0.2) is 0 Å². The van der Waals surface area contributed by atoms with Crippen LogP contribution < -0.4 is 4.74 Å². The van der Waals surface area contributed by atoms with Crippen LogP contribution in [-0.4, -0.2) is 13.2 Å². The van der Waals surface area contributed by atoms with Gasteiger partial charge in [-0.3, -0.25) is 0 Å². The van der Waals surface area contributed by atoms with Crippen LogP contribution in [0.15, 0.2) is 61.2 Å². The fraction of sp³-hybridized carbons (Fsp3) is 0.222. The molecule has 0 N–H and O–H groups in total. The van der Waals surface area contributed by atoms with Gasteiger partial charge in [-0.25, -0.2) is 0 Å². The van der Waals surface area contributed by atoms with Gasteiger partial charge in [-0.1, -0.05) is 42.5 Å².